The summed E-state index contributed by atoms with van der Waals surface area (Å²) in [6.07, 6.45) is 4.72. The molecule has 3 heteroatoms. The molecule has 0 spiro atoms. The van der Waals surface area contributed by atoms with Crippen molar-refractivity contribution in [3.8, 4) is 11.5 Å². The topological polar surface area (TPSA) is 35.5 Å². The Morgan fingerprint density at radius 3 is 2.10 bits per heavy atom. The molecule has 0 saturated heterocycles. The molecule has 20 heavy (non-hydrogen) atoms. The minimum Gasteiger partial charge on any atom is -0.497 e. The minimum atomic E-state index is 0.488. The van der Waals surface area contributed by atoms with E-state index in [0.717, 1.165) is 23.3 Å². The fourth-order valence-electron chi connectivity index (χ4n) is 1.69. The Labute approximate surface area is 118 Å². The molecule has 2 aromatic carbocycles. The summed E-state index contributed by atoms with van der Waals surface area (Å²) in [5, 5.41) is 0. The number of aldehydes is 1. The Balaban J connectivity index is 1.84. The monoisotopic (exact) mass is 268 g/mol. The quantitative estimate of drug-likeness (QED) is 0.751. The molecule has 0 N–H and O–H groups in total. The number of hydrogen-bond donors (Lipinski definition) is 0. The van der Waals surface area contributed by atoms with Gasteiger partial charge >= 0.3 is 0 Å². The van der Waals surface area contributed by atoms with Crippen LogP contribution in [0.4, 0.5) is 0 Å². The van der Waals surface area contributed by atoms with Gasteiger partial charge in [-0.25, -0.2) is 0 Å². The van der Waals surface area contributed by atoms with Gasteiger partial charge in [-0.15, -0.1) is 0 Å². The summed E-state index contributed by atoms with van der Waals surface area (Å²) >= 11 is 0. The zero-order valence-electron chi connectivity index (χ0n) is 11.3. The van der Waals surface area contributed by atoms with Crippen molar-refractivity contribution in [2.24, 2.45) is 0 Å². The van der Waals surface area contributed by atoms with Crippen molar-refractivity contribution < 1.29 is 14.3 Å². The standard InChI is InChI=1S/C17H16O3/c1-19-16-8-10-17(11-9-16)20-12-2-3-14-4-6-15(13-18)7-5-14/h2-11,13H,12H2,1H3/b3-2+. The van der Waals surface area contributed by atoms with Crippen LogP contribution < -0.4 is 9.47 Å². The number of hydrogen-bond acceptors (Lipinski definition) is 3. The minimum absolute atomic E-state index is 0.488. The lowest BCUT2D eigenvalue weighted by molar-refractivity contribution is 0.112. The lowest BCUT2D eigenvalue weighted by Gasteiger charge is -2.04. The molecule has 3 nitrogen and oxygen atoms in total. The van der Waals surface area contributed by atoms with Gasteiger partial charge in [0.1, 0.15) is 24.4 Å². The van der Waals surface area contributed by atoms with Gasteiger partial charge in [-0.05, 0) is 35.9 Å². The summed E-state index contributed by atoms with van der Waals surface area (Å²) in [5.74, 6) is 1.61. The molecule has 2 aromatic rings. The molecule has 0 atom stereocenters. The van der Waals surface area contributed by atoms with Crippen LogP contribution in [-0.2, 0) is 0 Å². The molecule has 0 radical (unpaired) electrons. The van der Waals surface area contributed by atoms with Gasteiger partial charge in [0.2, 0.25) is 0 Å². The predicted molar refractivity (Wildman–Crippen MR) is 79.4 cm³/mol. The van der Waals surface area contributed by atoms with Crippen molar-refractivity contribution in [2.45, 2.75) is 0 Å². The molecular formula is C17H16O3. The van der Waals surface area contributed by atoms with Crippen molar-refractivity contribution in [1.29, 1.82) is 0 Å². The van der Waals surface area contributed by atoms with Gasteiger partial charge in [-0.3, -0.25) is 4.79 Å². The largest absolute Gasteiger partial charge is 0.497 e. The lowest BCUT2D eigenvalue weighted by Crippen LogP contribution is -1.93. The molecule has 2 rings (SSSR count). The smallest absolute Gasteiger partial charge is 0.150 e. The number of methoxy groups -OCH3 is 1. The Morgan fingerprint density at radius 1 is 0.900 bits per heavy atom. The highest BCUT2D eigenvalue weighted by molar-refractivity contribution is 5.75. The van der Waals surface area contributed by atoms with Gasteiger partial charge in [-0.2, -0.15) is 0 Å². The second-order valence-corrected chi connectivity index (χ2v) is 4.17. The third-order valence-electron chi connectivity index (χ3n) is 2.79. The average Bonchev–Trinajstić information content (AvgIpc) is 2.53. The Bertz CT molecular complexity index is 568. The molecule has 0 saturated carbocycles. The third kappa shape index (κ3) is 3.99. The molecule has 0 unspecified atom stereocenters. The number of carbonyl (C=O) groups excluding carboxylic acids is 1. The van der Waals surface area contributed by atoms with E-state index >= 15 is 0 Å². The van der Waals surface area contributed by atoms with Crippen LogP contribution in [0.2, 0.25) is 0 Å². The maximum Gasteiger partial charge on any atom is 0.150 e. The molecule has 0 amide bonds. The van der Waals surface area contributed by atoms with Crippen LogP contribution in [-0.4, -0.2) is 20.0 Å². The first-order valence-electron chi connectivity index (χ1n) is 6.30. The highest BCUT2D eigenvalue weighted by Gasteiger charge is 1.93. The molecular weight excluding hydrogens is 252 g/mol. The van der Waals surface area contributed by atoms with E-state index in [4.69, 9.17) is 9.47 Å². The van der Waals surface area contributed by atoms with Crippen LogP contribution >= 0.6 is 0 Å². The molecule has 102 valence electrons. The maximum atomic E-state index is 10.5. The highest BCUT2D eigenvalue weighted by atomic mass is 16.5. The van der Waals surface area contributed by atoms with Crippen LogP contribution in [0.5, 0.6) is 11.5 Å². The first kappa shape index (κ1) is 13.9. The molecule has 0 fully saturated rings. The van der Waals surface area contributed by atoms with E-state index in [9.17, 15) is 4.79 Å². The van der Waals surface area contributed by atoms with E-state index < -0.39 is 0 Å². The van der Waals surface area contributed by atoms with E-state index in [-0.39, 0.29) is 0 Å². The van der Waals surface area contributed by atoms with Crippen LogP contribution in [0.15, 0.2) is 54.6 Å². The van der Waals surface area contributed by atoms with Crippen LogP contribution in [0.3, 0.4) is 0 Å². The maximum absolute atomic E-state index is 10.5. The Hall–Kier alpha value is -2.55. The van der Waals surface area contributed by atoms with Crippen LogP contribution in [0, 0.1) is 0 Å². The van der Waals surface area contributed by atoms with Crippen molar-refractivity contribution in [3.63, 3.8) is 0 Å². The van der Waals surface area contributed by atoms with Crippen LogP contribution in [0.25, 0.3) is 6.08 Å². The summed E-state index contributed by atoms with van der Waals surface area (Å²) in [6, 6.07) is 14.8. The first-order chi connectivity index (χ1) is 9.81. The van der Waals surface area contributed by atoms with Crippen molar-refractivity contribution >= 4 is 12.4 Å². The fourth-order valence-corrected chi connectivity index (χ4v) is 1.69. The second kappa shape index (κ2) is 7.14. The summed E-state index contributed by atoms with van der Waals surface area (Å²) in [7, 11) is 1.63. The highest BCUT2D eigenvalue weighted by Crippen LogP contribution is 2.16. The number of benzene rings is 2. The Morgan fingerprint density at radius 2 is 1.50 bits per heavy atom. The molecule has 0 aliphatic rings. The Kier molecular flexibility index (Phi) is 4.95. The van der Waals surface area contributed by atoms with Gasteiger partial charge in [0.15, 0.2) is 0 Å². The first-order valence-corrected chi connectivity index (χ1v) is 6.30. The van der Waals surface area contributed by atoms with E-state index in [0.29, 0.717) is 12.2 Å². The molecule has 0 aliphatic carbocycles. The van der Waals surface area contributed by atoms with E-state index in [2.05, 4.69) is 0 Å². The summed E-state index contributed by atoms with van der Waals surface area (Å²) in [5.41, 5.74) is 1.71. The van der Waals surface area contributed by atoms with Gasteiger partial charge in [0, 0.05) is 5.56 Å². The molecule has 0 heterocycles. The van der Waals surface area contributed by atoms with E-state index in [1.165, 1.54) is 0 Å². The van der Waals surface area contributed by atoms with Gasteiger partial charge in [0.05, 0.1) is 7.11 Å². The number of carbonyl (C=O) groups is 1. The predicted octanol–water partition coefficient (Wildman–Crippen LogP) is 3.60. The summed E-state index contributed by atoms with van der Waals surface area (Å²) in [4.78, 5) is 10.5. The second-order valence-electron chi connectivity index (χ2n) is 4.17. The van der Waals surface area contributed by atoms with Crippen molar-refractivity contribution in [1.82, 2.24) is 0 Å². The summed E-state index contributed by atoms with van der Waals surface area (Å²) in [6.45, 7) is 0.488. The third-order valence-corrected chi connectivity index (χ3v) is 2.79. The molecule has 0 aliphatic heterocycles. The summed E-state index contributed by atoms with van der Waals surface area (Å²) < 4.78 is 10.7. The number of ether oxygens (including phenoxy) is 2. The SMILES string of the molecule is COc1ccc(OC/C=C/c2ccc(C=O)cc2)cc1. The normalized spacial score (nSPS) is 10.4. The van der Waals surface area contributed by atoms with Crippen molar-refractivity contribution in [2.75, 3.05) is 13.7 Å². The fraction of sp³-hybridized carbons (Fsp3) is 0.118. The van der Waals surface area contributed by atoms with Crippen molar-refractivity contribution in [3.05, 3.63) is 65.7 Å². The van der Waals surface area contributed by atoms with Gasteiger partial charge < -0.3 is 9.47 Å². The average molecular weight is 268 g/mol. The zero-order valence-corrected chi connectivity index (χ0v) is 11.3. The number of rotatable bonds is 6. The van der Waals surface area contributed by atoms with E-state index in [1.54, 1.807) is 19.2 Å². The molecule has 0 aromatic heterocycles. The van der Waals surface area contributed by atoms with Gasteiger partial charge in [0.25, 0.3) is 0 Å². The molecule has 0 bridgehead atoms. The zero-order chi connectivity index (χ0) is 14.2. The lowest BCUT2D eigenvalue weighted by atomic mass is 10.1. The van der Waals surface area contributed by atoms with Gasteiger partial charge in [-0.1, -0.05) is 30.3 Å². The van der Waals surface area contributed by atoms with E-state index in [1.807, 2.05) is 48.6 Å². The van der Waals surface area contributed by atoms with Crippen LogP contribution in [0.1, 0.15) is 15.9 Å².